The third kappa shape index (κ3) is 5.14. The molecule has 2 aromatic rings. The molecule has 0 aliphatic carbocycles. The Morgan fingerprint density at radius 2 is 2.12 bits per heavy atom. The molecule has 138 valence electrons. The summed E-state index contributed by atoms with van der Waals surface area (Å²) in [4.78, 5) is 23.2. The summed E-state index contributed by atoms with van der Waals surface area (Å²) in [7, 11) is 0. The monoisotopic (exact) mass is 375 g/mol. The van der Waals surface area contributed by atoms with Crippen LogP contribution >= 0.6 is 11.6 Å². The summed E-state index contributed by atoms with van der Waals surface area (Å²) in [5.41, 5.74) is 1.91. The number of rotatable bonds is 6. The number of anilines is 2. The van der Waals surface area contributed by atoms with Crippen molar-refractivity contribution in [3.8, 4) is 0 Å². The molecule has 1 amide bonds. The van der Waals surface area contributed by atoms with Crippen LogP contribution in [0.3, 0.4) is 0 Å². The van der Waals surface area contributed by atoms with Gasteiger partial charge in [0.25, 0.3) is 5.91 Å². The molecule has 0 radical (unpaired) electrons. The quantitative estimate of drug-likeness (QED) is 0.807. The molecule has 7 nitrogen and oxygen atoms in total. The van der Waals surface area contributed by atoms with Crippen molar-refractivity contribution in [3.05, 3.63) is 46.7 Å². The van der Waals surface area contributed by atoms with E-state index in [0.717, 1.165) is 38.4 Å². The van der Waals surface area contributed by atoms with Crippen LogP contribution in [0.25, 0.3) is 0 Å². The zero-order chi connectivity index (χ0) is 18.4. The molecular weight excluding hydrogens is 354 g/mol. The van der Waals surface area contributed by atoms with E-state index in [-0.39, 0.29) is 5.91 Å². The van der Waals surface area contributed by atoms with Gasteiger partial charge in [0.15, 0.2) is 0 Å². The highest BCUT2D eigenvalue weighted by atomic mass is 35.5. The Morgan fingerprint density at radius 3 is 2.88 bits per heavy atom. The van der Waals surface area contributed by atoms with E-state index in [1.807, 2.05) is 6.92 Å². The maximum atomic E-state index is 12.4. The summed E-state index contributed by atoms with van der Waals surface area (Å²) in [6, 6.07) is 6.91. The number of halogens is 1. The van der Waals surface area contributed by atoms with Gasteiger partial charge in [-0.1, -0.05) is 11.6 Å². The van der Waals surface area contributed by atoms with E-state index in [1.54, 1.807) is 30.5 Å². The number of aromatic nitrogens is 2. The number of hydrogen-bond acceptors (Lipinski definition) is 6. The molecule has 1 saturated heterocycles. The summed E-state index contributed by atoms with van der Waals surface area (Å²) in [5, 5.41) is 6.65. The highest BCUT2D eigenvalue weighted by Crippen LogP contribution is 2.20. The Balaban J connectivity index is 1.56. The van der Waals surface area contributed by atoms with E-state index in [1.165, 1.54) is 0 Å². The highest BCUT2D eigenvalue weighted by Gasteiger charge is 2.12. The van der Waals surface area contributed by atoms with Crippen molar-refractivity contribution < 1.29 is 9.53 Å². The first-order valence-electron chi connectivity index (χ1n) is 8.56. The Labute approximate surface area is 157 Å². The van der Waals surface area contributed by atoms with E-state index in [2.05, 4.69) is 25.5 Å². The maximum absolute atomic E-state index is 12.4. The zero-order valence-electron chi connectivity index (χ0n) is 14.7. The molecule has 1 aliphatic heterocycles. The third-order valence-electron chi connectivity index (χ3n) is 4.14. The van der Waals surface area contributed by atoms with Gasteiger partial charge in [-0.05, 0) is 36.8 Å². The Morgan fingerprint density at radius 1 is 1.31 bits per heavy atom. The van der Waals surface area contributed by atoms with Crippen molar-refractivity contribution in [1.82, 2.24) is 14.9 Å². The number of morpholine rings is 1. The predicted octanol–water partition coefficient (Wildman–Crippen LogP) is 2.43. The number of carbonyl (C=O) groups excluding carboxylic acids is 1. The zero-order valence-corrected chi connectivity index (χ0v) is 15.4. The van der Waals surface area contributed by atoms with Crippen LogP contribution in [0.2, 0.25) is 5.02 Å². The van der Waals surface area contributed by atoms with Gasteiger partial charge in [0.05, 0.1) is 13.2 Å². The number of benzene rings is 1. The molecular formula is C18H22ClN5O2. The fraction of sp³-hybridized carbons (Fsp3) is 0.389. The van der Waals surface area contributed by atoms with Gasteiger partial charge in [-0.25, -0.2) is 9.97 Å². The van der Waals surface area contributed by atoms with Crippen molar-refractivity contribution in [2.45, 2.75) is 6.92 Å². The number of carbonyl (C=O) groups is 1. The average molecular weight is 376 g/mol. The average Bonchev–Trinajstić information content (AvgIpc) is 2.65. The lowest BCUT2D eigenvalue weighted by Crippen LogP contribution is -2.39. The lowest BCUT2D eigenvalue weighted by Gasteiger charge is -2.26. The van der Waals surface area contributed by atoms with Gasteiger partial charge in [-0.2, -0.15) is 0 Å². The fourth-order valence-electron chi connectivity index (χ4n) is 2.67. The van der Waals surface area contributed by atoms with E-state index in [0.29, 0.717) is 28.9 Å². The molecule has 0 bridgehead atoms. The second kappa shape index (κ2) is 8.93. The van der Waals surface area contributed by atoms with Crippen LogP contribution in [0, 0.1) is 6.92 Å². The first-order chi connectivity index (χ1) is 12.6. The van der Waals surface area contributed by atoms with Crippen molar-refractivity contribution >= 4 is 29.1 Å². The molecule has 1 aliphatic rings. The van der Waals surface area contributed by atoms with Gasteiger partial charge in [0, 0.05) is 43.1 Å². The minimum Gasteiger partial charge on any atom is -0.379 e. The summed E-state index contributed by atoms with van der Waals surface area (Å²) in [5.74, 6) is 0.160. The number of amides is 1. The van der Waals surface area contributed by atoms with Crippen LogP contribution in [-0.4, -0.2) is 60.2 Å². The summed E-state index contributed by atoms with van der Waals surface area (Å²) < 4.78 is 5.33. The minimum atomic E-state index is -0.283. The lowest BCUT2D eigenvalue weighted by molar-refractivity contribution is 0.0398. The molecule has 0 spiro atoms. The summed E-state index contributed by atoms with van der Waals surface area (Å²) >= 11 is 5.94. The standard InChI is InChI=1S/C18H22ClN5O2/c1-13-12-14(19)2-3-15(13)22-17(25)16-4-5-20-18(23-16)21-6-7-24-8-10-26-11-9-24/h2-5,12H,6-11H2,1H3,(H,22,25)(H,20,21,23). The predicted molar refractivity (Wildman–Crippen MR) is 102 cm³/mol. The Hall–Kier alpha value is -2.22. The van der Waals surface area contributed by atoms with E-state index < -0.39 is 0 Å². The number of ether oxygens (including phenoxy) is 1. The highest BCUT2D eigenvalue weighted by molar-refractivity contribution is 6.30. The molecule has 1 aromatic heterocycles. The molecule has 0 saturated carbocycles. The van der Waals surface area contributed by atoms with Gasteiger partial charge in [0.1, 0.15) is 5.69 Å². The van der Waals surface area contributed by atoms with Gasteiger partial charge in [-0.15, -0.1) is 0 Å². The van der Waals surface area contributed by atoms with Gasteiger partial charge >= 0.3 is 0 Å². The molecule has 0 atom stereocenters. The first kappa shape index (κ1) is 18.6. The third-order valence-corrected chi connectivity index (χ3v) is 4.37. The molecule has 2 N–H and O–H groups in total. The van der Waals surface area contributed by atoms with Crippen molar-refractivity contribution in [3.63, 3.8) is 0 Å². The van der Waals surface area contributed by atoms with Crippen LogP contribution in [0.1, 0.15) is 16.1 Å². The van der Waals surface area contributed by atoms with E-state index >= 15 is 0 Å². The number of nitrogens with one attached hydrogen (secondary N) is 2. The van der Waals surface area contributed by atoms with Gasteiger partial charge in [-0.3, -0.25) is 9.69 Å². The molecule has 26 heavy (non-hydrogen) atoms. The molecule has 1 fully saturated rings. The lowest BCUT2D eigenvalue weighted by atomic mass is 10.2. The number of nitrogens with zero attached hydrogens (tertiary/aromatic N) is 3. The van der Waals surface area contributed by atoms with E-state index in [4.69, 9.17) is 16.3 Å². The second-order valence-corrected chi connectivity index (χ2v) is 6.50. The van der Waals surface area contributed by atoms with Crippen LogP contribution in [-0.2, 0) is 4.74 Å². The topological polar surface area (TPSA) is 79.4 Å². The van der Waals surface area contributed by atoms with Crippen LogP contribution in [0.5, 0.6) is 0 Å². The maximum Gasteiger partial charge on any atom is 0.274 e. The molecule has 2 heterocycles. The molecule has 0 unspecified atom stereocenters. The summed E-state index contributed by atoms with van der Waals surface area (Å²) in [6.45, 7) is 6.90. The van der Waals surface area contributed by atoms with Crippen LogP contribution < -0.4 is 10.6 Å². The molecule has 8 heteroatoms. The smallest absolute Gasteiger partial charge is 0.274 e. The molecule has 1 aromatic carbocycles. The van der Waals surface area contributed by atoms with E-state index in [9.17, 15) is 4.79 Å². The van der Waals surface area contributed by atoms with Crippen LogP contribution in [0.15, 0.2) is 30.5 Å². The van der Waals surface area contributed by atoms with Crippen molar-refractivity contribution in [2.75, 3.05) is 50.0 Å². The SMILES string of the molecule is Cc1cc(Cl)ccc1NC(=O)c1ccnc(NCCN2CCOCC2)n1. The minimum absolute atomic E-state index is 0.283. The van der Waals surface area contributed by atoms with Crippen LogP contribution in [0.4, 0.5) is 11.6 Å². The summed E-state index contributed by atoms with van der Waals surface area (Å²) in [6.07, 6.45) is 1.58. The number of aryl methyl sites for hydroxylation is 1. The van der Waals surface area contributed by atoms with Gasteiger partial charge in [0.2, 0.25) is 5.95 Å². The second-order valence-electron chi connectivity index (χ2n) is 6.06. The molecule has 3 rings (SSSR count). The Kier molecular flexibility index (Phi) is 6.38. The van der Waals surface area contributed by atoms with Gasteiger partial charge < -0.3 is 15.4 Å². The van der Waals surface area contributed by atoms with Crippen molar-refractivity contribution in [2.24, 2.45) is 0 Å². The number of hydrogen-bond donors (Lipinski definition) is 2. The Bertz CT molecular complexity index is 765. The fourth-order valence-corrected chi connectivity index (χ4v) is 2.90. The normalized spacial score (nSPS) is 14.8. The largest absolute Gasteiger partial charge is 0.379 e. The van der Waals surface area contributed by atoms with Crippen molar-refractivity contribution in [1.29, 1.82) is 0 Å². The first-order valence-corrected chi connectivity index (χ1v) is 8.94.